The van der Waals surface area contributed by atoms with Gasteiger partial charge in [-0.15, -0.1) is 0 Å². The third-order valence-corrected chi connectivity index (χ3v) is 4.77. The van der Waals surface area contributed by atoms with E-state index in [9.17, 15) is 13.2 Å². The maximum Gasteiger partial charge on any atom is 0.269 e. The molecule has 1 saturated heterocycles. The van der Waals surface area contributed by atoms with E-state index in [2.05, 4.69) is 10.4 Å². The quantitative estimate of drug-likeness (QED) is 0.847. The number of carbonyl (C=O) groups excluding carboxylic acids is 1. The molecule has 0 radical (unpaired) electrons. The van der Waals surface area contributed by atoms with Crippen LogP contribution in [-0.4, -0.2) is 41.7 Å². The third-order valence-electron chi connectivity index (χ3n) is 3.00. The largest absolute Gasteiger partial charge is 0.347 e. The number of aryl methyl sites for hydroxylation is 2. The van der Waals surface area contributed by atoms with Gasteiger partial charge in [-0.1, -0.05) is 0 Å². The fourth-order valence-corrected chi connectivity index (χ4v) is 3.81. The van der Waals surface area contributed by atoms with Gasteiger partial charge in [-0.25, -0.2) is 8.42 Å². The molecule has 18 heavy (non-hydrogen) atoms. The topological polar surface area (TPSA) is 81.1 Å². The number of nitrogens with zero attached hydrogens (tertiary/aromatic N) is 2. The van der Waals surface area contributed by atoms with E-state index in [1.165, 1.54) is 0 Å². The lowest BCUT2D eigenvalue weighted by Gasteiger charge is -2.11. The minimum absolute atomic E-state index is 0.0397. The Hall–Kier alpha value is -1.37. The Kier molecular flexibility index (Phi) is 3.43. The summed E-state index contributed by atoms with van der Waals surface area (Å²) in [6, 6.07) is 1.44. The van der Waals surface area contributed by atoms with Crippen molar-refractivity contribution in [3.63, 3.8) is 0 Å². The van der Waals surface area contributed by atoms with Gasteiger partial charge in [-0.3, -0.25) is 9.48 Å². The Labute approximate surface area is 106 Å². The monoisotopic (exact) mass is 271 g/mol. The molecule has 0 saturated carbocycles. The van der Waals surface area contributed by atoms with Crippen LogP contribution in [0, 0.1) is 6.92 Å². The summed E-state index contributed by atoms with van der Waals surface area (Å²) in [5.74, 6) is -0.0540. The molecule has 1 amide bonds. The normalized spacial score (nSPS) is 22.0. The number of hydrogen-bond acceptors (Lipinski definition) is 4. The van der Waals surface area contributed by atoms with Gasteiger partial charge in [0.15, 0.2) is 9.84 Å². The van der Waals surface area contributed by atoms with Gasteiger partial charge >= 0.3 is 0 Å². The minimum atomic E-state index is -2.97. The first kappa shape index (κ1) is 13.1. The molecule has 0 aromatic carbocycles. The molecule has 100 valence electrons. The minimum Gasteiger partial charge on any atom is -0.347 e. The second kappa shape index (κ2) is 4.72. The van der Waals surface area contributed by atoms with E-state index >= 15 is 0 Å². The van der Waals surface area contributed by atoms with Gasteiger partial charge in [-0.05, 0) is 26.3 Å². The zero-order valence-corrected chi connectivity index (χ0v) is 11.3. The van der Waals surface area contributed by atoms with Crippen molar-refractivity contribution in [2.75, 3.05) is 11.5 Å². The predicted octanol–water partition coefficient (Wildman–Crippen LogP) is 0.128. The summed E-state index contributed by atoms with van der Waals surface area (Å²) in [6.07, 6.45) is 0.493. The number of aromatic nitrogens is 2. The molecule has 6 nitrogen and oxygen atoms in total. The molecule has 0 aliphatic carbocycles. The molecule has 1 aliphatic rings. The highest BCUT2D eigenvalue weighted by molar-refractivity contribution is 7.91. The molecule has 2 rings (SSSR count). The Balaban J connectivity index is 2.08. The average Bonchev–Trinajstić information content (AvgIpc) is 2.81. The Morgan fingerprint density at radius 2 is 2.33 bits per heavy atom. The summed E-state index contributed by atoms with van der Waals surface area (Å²) < 4.78 is 24.3. The lowest BCUT2D eigenvalue weighted by molar-refractivity contribution is 0.0930. The van der Waals surface area contributed by atoms with E-state index in [0.717, 1.165) is 5.69 Å². The van der Waals surface area contributed by atoms with Gasteiger partial charge in [-0.2, -0.15) is 5.10 Å². The van der Waals surface area contributed by atoms with Gasteiger partial charge in [0.05, 0.1) is 17.2 Å². The molecule has 1 aliphatic heterocycles. The van der Waals surface area contributed by atoms with Gasteiger partial charge in [0.25, 0.3) is 5.91 Å². The fraction of sp³-hybridized carbons (Fsp3) is 0.636. The zero-order chi connectivity index (χ0) is 13.3. The van der Waals surface area contributed by atoms with Crippen LogP contribution in [0.2, 0.25) is 0 Å². The third kappa shape index (κ3) is 2.72. The van der Waals surface area contributed by atoms with E-state index < -0.39 is 9.84 Å². The smallest absolute Gasteiger partial charge is 0.269 e. The highest BCUT2D eigenvalue weighted by Gasteiger charge is 2.29. The first-order valence-electron chi connectivity index (χ1n) is 5.97. The maximum atomic E-state index is 12.0. The lowest BCUT2D eigenvalue weighted by Crippen LogP contribution is -2.36. The molecule has 1 N–H and O–H groups in total. The number of amides is 1. The molecule has 1 aromatic heterocycles. The van der Waals surface area contributed by atoms with Crippen molar-refractivity contribution in [2.45, 2.75) is 32.9 Å². The first-order chi connectivity index (χ1) is 8.41. The first-order valence-corrected chi connectivity index (χ1v) is 7.79. The van der Waals surface area contributed by atoms with Crippen LogP contribution in [0.4, 0.5) is 0 Å². The SMILES string of the molecule is CCn1nc(C)cc1C(=O)NC1CCS(=O)(=O)C1. The number of rotatable bonds is 3. The van der Waals surface area contributed by atoms with E-state index in [-0.39, 0.29) is 23.5 Å². The average molecular weight is 271 g/mol. The molecule has 1 atom stereocenters. The summed E-state index contributed by atoms with van der Waals surface area (Å²) in [6.45, 7) is 4.34. The van der Waals surface area contributed by atoms with E-state index in [0.29, 0.717) is 18.7 Å². The molecule has 2 heterocycles. The lowest BCUT2D eigenvalue weighted by atomic mass is 10.2. The molecular weight excluding hydrogens is 254 g/mol. The van der Waals surface area contributed by atoms with Crippen LogP contribution in [0.15, 0.2) is 6.07 Å². The van der Waals surface area contributed by atoms with Crippen LogP contribution in [0.1, 0.15) is 29.5 Å². The van der Waals surface area contributed by atoms with E-state index in [4.69, 9.17) is 0 Å². The summed E-state index contributed by atoms with van der Waals surface area (Å²) in [5, 5.41) is 6.95. The summed E-state index contributed by atoms with van der Waals surface area (Å²) >= 11 is 0. The fourth-order valence-electron chi connectivity index (χ4n) is 2.14. The molecule has 1 aromatic rings. The number of sulfone groups is 1. The van der Waals surface area contributed by atoms with Crippen molar-refractivity contribution < 1.29 is 13.2 Å². The van der Waals surface area contributed by atoms with Crippen LogP contribution in [0.5, 0.6) is 0 Å². The van der Waals surface area contributed by atoms with Crippen LogP contribution in [0.3, 0.4) is 0 Å². The molecule has 0 bridgehead atoms. The Bertz CT molecular complexity index is 562. The van der Waals surface area contributed by atoms with Gasteiger partial charge in [0.1, 0.15) is 5.69 Å². The highest BCUT2D eigenvalue weighted by Crippen LogP contribution is 2.12. The van der Waals surface area contributed by atoms with Crippen molar-refractivity contribution in [2.24, 2.45) is 0 Å². The molecule has 1 fully saturated rings. The molecular formula is C11H17N3O3S. The molecule has 0 spiro atoms. The number of carbonyl (C=O) groups is 1. The van der Waals surface area contributed by atoms with E-state index in [1.807, 2.05) is 13.8 Å². The summed E-state index contributed by atoms with van der Waals surface area (Å²) in [5.41, 5.74) is 1.26. The highest BCUT2D eigenvalue weighted by atomic mass is 32.2. The Morgan fingerprint density at radius 1 is 1.61 bits per heavy atom. The maximum absolute atomic E-state index is 12.0. The van der Waals surface area contributed by atoms with Gasteiger partial charge in [0.2, 0.25) is 0 Å². The molecule has 7 heteroatoms. The van der Waals surface area contributed by atoms with E-state index in [1.54, 1.807) is 10.7 Å². The van der Waals surface area contributed by atoms with Crippen molar-refractivity contribution in [3.8, 4) is 0 Å². The van der Waals surface area contributed by atoms with Gasteiger partial charge < -0.3 is 5.32 Å². The second-order valence-corrected chi connectivity index (χ2v) is 6.79. The van der Waals surface area contributed by atoms with Crippen LogP contribution in [0.25, 0.3) is 0 Å². The number of nitrogens with one attached hydrogen (secondary N) is 1. The summed E-state index contributed by atoms with van der Waals surface area (Å²) in [7, 11) is -2.97. The van der Waals surface area contributed by atoms with Crippen molar-refractivity contribution in [1.29, 1.82) is 0 Å². The second-order valence-electron chi connectivity index (χ2n) is 4.56. The summed E-state index contributed by atoms with van der Waals surface area (Å²) in [4.78, 5) is 12.0. The van der Waals surface area contributed by atoms with Gasteiger partial charge in [0, 0.05) is 12.6 Å². The van der Waals surface area contributed by atoms with Crippen LogP contribution < -0.4 is 5.32 Å². The Morgan fingerprint density at radius 3 is 2.89 bits per heavy atom. The van der Waals surface area contributed by atoms with Crippen molar-refractivity contribution >= 4 is 15.7 Å². The van der Waals surface area contributed by atoms with Crippen LogP contribution >= 0.6 is 0 Å². The standard InChI is InChI=1S/C11H17N3O3S/c1-3-14-10(6-8(2)13-14)11(15)12-9-4-5-18(16,17)7-9/h6,9H,3-5,7H2,1-2H3,(H,12,15). The zero-order valence-electron chi connectivity index (χ0n) is 10.5. The van der Waals surface area contributed by atoms with Crippen molar-refractivity contribution in [1.82, 2.24) is 15.1 Å². The van der Waals surface area contributed by atoms with Crippen molar-refractivity contribution in [3.05, 3.63) is 17.5 Å². The predicted molar refractivity (Wildman–Crippen MR) is 67.2 cm³/mol. The molecule has 1 unspecified atom stereocenters. The number of hydrogen-bond donors (Lipinski definition) is 1. The van der Waals surface area contributed by atoms with Crippen LogP contribution in [-0.2, 0) is 16.4 Å².